The van der Waals surface area contributed by atoms with E-state index in [2.05, 4.69) is 30.3 Å². The van der Waals surface area contributed by atoms with Gasteiger partial charge in [-0.1, -0.05) is 0 Å². The van der Waals surface area contributed by atoms with E-state index < -0.39 is 11.7 Å². The Hall–Kier alpha value is -3.82. The Kier molecular flexibility index (Phi) is 5.04. The first-order valence-corrected chi connectivity index (χ1v) is 10.5. The van der Waals surface area contributed by atoms with Gasteiger partial charge in [0, 0.05) is 25.7 Å². The molecule has 1 aromatic carbocycles. The van der Waals surface area contributed by atoms with Gasteiger partial charge in [-0.2, -0.15) is 4.98 Å². The lowest BCUT2D eigenvalue weighted by Gasteiger charge is -2.28. The number of carbonyl (C=O) groups is 1. The molecule has 1 saturated heterocycles. The highest BCUT2D eigenvalue weighted by Gasteiger charge is 2.19. The number of nitrogens with zero attached hydrogens (tertiary/aromatic N) is 6. The minimum atomic E-state index is -0.498. The molecule has 1 amide bonds. The van der Waals surface area contributed by atoms with E-state index >= 15 is 0 Å². The second-order valence-corrected chi connectivity index (χ2v) is 7.84. The molecule has 3 aromatic heterocycles. The van der Waals surface area contributed by atoms with Crippen molar-refractivity contribution in [1.82, 2.24) is 24.6 Å². The average Bonchev–Trinajstić information content (AvgIpc) is 3.37. The number of hydrogen-bond donors (Lipinski definition) is 1. The first kappa shape index (κ1) is 20.1. The highest BCUT2D eigenvalue weighted by molar-refractivity contribution is 6.03. The Labute approximate surface area is 183 Å². The summed E-state index contributed by atoms with van der Waals surface area (Å²) in [6, 6.07) is 4.23. The summed E-state index contributed by atoms with van der Waals surface area (Å²) in [5.74, 6) is 0.126. The molecular formula is C22H22FN7O2. The molecule has 0 radical (unpaired) electrons. The second kappa shape index (κ2) is 8.03. The van der Waals surface area contributed by atoms with Crippen LogP contribution in [-0.4, -0.2) is 43.6 Å². The zero-order chi connectivity index (χ0) is 22.2. The maximum Gasteiger partial charge on any atom is 0.293 e. The van der Waals surface area contributed by atoms with E-state index in [9.17, 15) is 9.18 Å². The first-order valence-electron chi connectivity index (χ1n) is 10.5. The van der Waals surface area contributed by atoms with Crippen molar-refractivity contribution in [2.45, 2.75) is 33.1 Å². The van der Waals surface area contributed by atoms with Crippen molar-refractivity contribution < 1.29 is 13.6 Å². The monoisotopic (exact) mass is 435 g/mol. The van der Waals surface area contributed by atoms with E-state index in [1.54, 1.807) is 24.6 Å². The predicted octanol–water partition coefficient (Wildman–Crippen LogP) is 3.78. The third-order valence-corrected chi connectivity index (χ3v) is 5.48. The number of fused-ring (bicyclic) bond motifs is 1. The van der Waals surface area contributed by atoms with Crippen molar-refractivity contribution in [1.29, 1.82) is 0 Å². The Morgan fingerprint density at radius 2 is 1.97 bits per heavy atom. The fraction of sp³-hybridized carbons (Fsp3) is 0.318. The zero-order valence-electron chi connectivity index (χ0n) is 17.8. The smallest absolute Gasteiger partial charge is 0.293 e. The van der Waals surface area contributed by atoms with Crippen LogP contribution in [0, 0.1) is 19.7 Å². The summed E-state index contributed by atoms with van der Waals surface area (Å²) in [7, 11) is 0. The van der Waals surface area contributed by atoms with Crippen LogP contribution in [0.3, 0.4) is 0 Å². The van der Waals surface area contributed by atoms with Crippen molar-refractivity contribution in [3.05, 3.63) is 53.8 Å². The second-order valence-electron chi connectivity index (χ2n) is 7.84. The summed E-state index contributed by atoms with van der Waals surface area (Å²) < 4.78 is 21.5. The van der Waals surface area contributed by atoms with Gasteiger partial charge in [-0.15, -0.1) is 5.10 Å². The van der Waals surface area contributed by atoms with Gasteiger partial charge in [0.15, 0.2) is 11.7 Å². The number of aromatic nitrogens is 5. The number of piperidine rings is 1. The molecule has 4 heterocycles. The van der Waals surface area contributed by atoms with Crippen LogP contribution in [0.4, 0.5) is 15.8 Å². The van der Waals surface area contributed by atoms with Crippen LogP contribution in [0.15, 0.2) is 35.0 Å². The van der Waals surface area contributed by atoms with E-state index in [0.717, 1.165) is 31.6 Å². The fourth-order valence-electron chi connectivity index (χ4n) is 3.91. The van der Waals surface area contributed by atoms with E-state index in [1.807, 2.05) is 6.20 Å². The van der Waals surface area contributed by atoms with Crippen LogP contribution >= 0.6 is 0 Å². The third kappa shape index (κ3) is 3.79. The normalized spacial score (nSPS) is 14.2. The van der Waals surface area contributed by atoms with Crippen LogP contribution < -0.4 is 10.2 Å². The molecule has 0 aliphatic carbocycles. The summed E-state index contributed by atoms with van der Waals surface area (Å²) in [6.07, 6.45) is 7.17. The van der Waals surface area contributed by atoms with Crippen LogP contribution in [0.1, 0.15) is 41.4 Å². The topological polar surface area (TPSA) is 101 Å². The maximum absolute atomic E-state index is 14.6. The predicted molar refractivity (Wildman–Crippen MR) is 116 cm³/mol. The lowest BCUT2D eigenvalue weighted by atomic mass is 10.1. The molecule has 0 atom stereocenters. The van der Waals surface area contributed by atoms with Crippen molar-refractivity contribution in [2.75, 3.05) is 23.3 Å². The fourth-order valence-corrected chi connectivity index (χ4v) is 3.91. The summed E-state index contributed by atoms with van der Waals surface area (Å²) in [4.78, 5) is 27.6. The first-order chi connectivity index (χ1) is 15.5. The molecule has 0 saturated carbocycles. The summed E-state index contributed by atoms with van der Waals surface area (Å²) >= 11 is 0. The number of anilines is 2. The number of rotatable bonds is 4. The molecule has 4 aromatic rings. The molecule has 5 rings (SSSR count). The quantitative estimate of drug-likeness (QED) is 0.520. The van der Waals surface area contributed by atoms with Crippen molar-refractivity contribution in [3.8, 4) is 11.4 Å². The average molecular weight is 435 g/mol. The number of benzene rings is 1. The SMILES string of the molecule is Cc1nc(C)c(C(=O)Nc2ccc(F)c(-c3nc4ncc(N5CCCCC5)cn4n3)c2)o1. The molecule has 1 N–H and O–H groups in total. The Bertz CT molecular complexity index is 1310. The minimum absolute atomic E-state index is 0.119. The molecule has 1 aliphatic rings. The Morgan fingerprint density at radius 1 is 1.16 bits per heavy atom. The van der Waals surface area contributed by atoms with Crippen LogP contribution in [-0.2, 0) is 0 Å². The molecule has 1 fully saturated rings. The lowest BCUT2D eigenvalue weighted by Crippen LogP contribution is -2.29. The molecule has 0 spiro atoms. The molecule has 32 heavy (non-hydrogen) atoms. The highest BCUT2D eigenvalue weighted by Crippen LogP contribution is 2.25. The Morgan fingerprint density at radius 3 is 2.72 bits per heavy atom. The van der Waals surface area contributed by atoms with E-state index in [0.29, 0.717) is 23.0 Å². The molecule has 0 bridgehead atoms. The zero-order valence-corrected chi connectivity index (χ0v) is 17.8. The molecular weight excluding hydrogens is 413 g/mol. The van der Waals surface area contributed by atoms with E-state index in [4.69, 9.17) is 4.42 Å². The van der Waals surface area contributed by atoms with Gasteiger partial charge in [-0.25, -0.2) is 18.9 Å². The number of nitrogens with one attached hydrogen (secondary N) is 1. The number of oxazole rings is 1. The van der Waals surface area contributed by atoms with E-state index in [1.165, 1.54) is 24.6 Å². The standard InChI is InChI=1S/C22H22FN7O2/c1-13-19(32-14(2)25-13)21(31)26-15-6-7-18(23)17(10-15)20-27-22-24-11-16(12-30(22)28-20)29-8-4-3-5-9-29/h6-7,10-12H,3-5,8-9H2,1-2H3,(H,26,31). The number of aryl methyl sites for hydroxylation is 2. The van der Waals surface area contributed by atoms with E-state index in [-0.39, 0.29) is 17.1 Å². The molecule has 10 heteroatoms. The largest absolute Gasteiger partial charge is 0.436 e. The lowest BCUT2D eigenvalue weighted by molar-refractivity contribution is 0.0994. The number of hydrogen-bond acceptors (Lipinski definition) is 7. The van der Waals surface area contributed by atoms with Crippen molar-refractivity contribution in [2.24, 2.45) is 0 Å². The minimum Gasteiger partial charge on any atom is -0.436 e. The van der Waals surface area contributed by atoms with Gasteiger partial charge in [-0.3, -0.25) is 4.79 Å². The van der Waals surface area contributed by atoms with Gasteiger partial charge < -0.3 is 14.6 Å². The summed E-state index contributed by atoms with van der Waals surface area (Å²) in [5.41, 5.74) is 2.01. The molecule has 1 aliphatic heterocycles. The van der Waals surface area contributed by atoms with Gasteiger partial charge in [0.1, 0.15) is 5.82 Å². The Balaban J connectivity index is 1.43. The molecule has 9 nitrogen and oxygen atoms in total. The summed E-state index contributed by atoms with van der Waals surface area (Å²) in [6.45, 7) is 5.32. The van der Waals surface area contributed by atoms with Gasteiger partial charge in [0.25, 0.3) is 11.7 Å². The van der Waals surface area contributed by atoms with Crippen LogP contribution in [0.2, 0.25) is 0 Å². The number of carbonyl (C=O) groups excluding carboxylic acids is 1. The number of halogens is 1. The van der Waals surface area contributed by atoms with Crippen molar-refractivity contribution in [3.63, 3.8) is 0 Å². The van der Waals surface area contributed by atoms with Crippen molar-refractivity contribution >= 4 is 23.1 Å². The maximum atomic E-state index is 14.6. The third-order valence-electron chi connectivity index (χ3n) is 5.48. The number of amides is 1. The van der Waals surface area contributed by atoms with Crippen LogP contribution in [0.5, 0.6) is 0 Å². The van der Waals surface area contributed by atoms with Crippen LogP contribution in [0.25, 0.3) is 17.2 Å². The van der Waals surface area contributed by atoms with Gasteiger partial charge in [0.2, 0.25) is 5.76 Å². The summed E-state index contributed by atoms with van der Waals surface area (Å²) in [5, 5.41) is 7.14. The molecule has 0 unspecified atom stereocenters. The van der Waals surface area contributed by atoms with Gasteiger partial charge in [0.05, 0.1) is 29.3 Å². The van der Waals surface area contributed by atoms with Gasteiger partial charge >= 0.3 is 0 Å². The molecule has 164 valence electrons. The van der Waals surface area contributed by atoms with Gasteiger partial charge in [-0.05, 0) is 44.4 Å². The highest BCUT2D eigenvalue weighted by atomic mass is 19.1.